The molecule has 0 amide bonds. The van der Waals surface area contributed by atoms with E-state index in [2.05, 4.69) is 22.1 Å². The molecule has 0 unspecified atom stereocenters. The summed E-state index contributed by atoms with van der Waals surface area (Å²) in [7, 11) is 0. The molecule has 1 aromatic carbocycles. The summed E-state index contributed by atoms with van der Waals surface area (Å²) in [5.74, 6) is 0. The van der Waals surface area contributed by atoms with E-state index in [9.17, 15) is 5.11 Å². The maximum Gasteiger partial charge on any atom is 0.0971 e. The molecule has 2 aromatic rings. The van der Waals surface area contributed by atoms with Crippen molar-refractivity contribution in [3.8, 4) is 5.69 Å². The van der Waals surface area contributed by atoms with Gasteiger partial charge in [0.1, 0.15) is 0 Å². The quantitative estimate of drug-likeness (QED) is 0.908. The molecule has 6 heteroatoms. The van der Waals surface area contributed by atoms with Crippen molar-refractivity contribution < 1.29 is 9.84 Å². The molecule has 0 saturated carbocycles. The highest BCUT2D eigenvalue weighted by atomic mass is 16.5. The van der Waals surface area contributed by atoms with Crippen LogP contribution >= 0.6 is 0 Å². The highest BCUT2D eigenvalue weighted by molar-refractivity contribution is 5.39. The van der Waals surface area contributed by atoms with Crippen LogP contribution in [-0.4, -0.2) is 50.8 Å². The SMILES string of the molecule is C[C@@H]1COCCN1Cc1cn(-c2ccccc2CO)nn1. The van der Waals surface area contributed by atoms with Crippen LogP contribution in [0.1, 0.15) is 18.2 Å². The number of rotatable bonds is 4. The smallest absolute Gasteiger partial charge is 0.0971 e. The minimum Gasteiger partial charge on any atom is -0.392 e. The highest BCUT2D eigenvalue weighted by Crippen LogP contribution is 2.15. The monoisotopic (exact) mass is 288 g/mol. The van der Waals surface area contributed by atoms with Crippen LogP contribution in [0, 0.1) is 0 Å². The molecule has 1 aliphatic heterocycles. The molecule has 1 aliphatic rings. The van der Waals surface area contributed by atoms with Gasteiger partial charge in [0.05, 0.1) is 37.4 Å². The number of hydrogen-bond donors (Lipinski definition) is 1. The number of nitrogens with zero attached hydrogens (tertiary/aromatic N) is 4. The second kappa shape index (κ2) is 6.34. The number of aliphatic hydroxyl groups excluding tert-OH is 1. The van der Waals surface area contributed by atoms with Gasteiger partial charge in [-0.3, -0.25) is 4.90 Å². The Hall–Kier alpha value is -1.76. The van der Waals surface area contributed by atoms with Gasteiger partial charge in [-0.15, -0.1) is 5.10 Å². The molecule has 1 fully saturated rings. The van der Waals surface area contributed by atoms with E-state index < -0.39 is 0 Å². The van der Waals surface area contributed by atoms with Gasteiger partial charge in [-0.25, -0.2) is 4.68 Å². The number of morpholine rings is 1. The molecule has 0 radical (unpaired) electrons. The summed E-state index contributed by atoms with van der Waals surface area (Å²) in [6, 6.07) is 8.05. The predicted molar refractivity (Wildman–Crippen MR) is 78.0 cm³/mol. The fourth-order valence-corrected chi connectivity index (χ4v) is 2.56. The van der Waals surface area contributed by atoms with Crippen molar-refractivity contribution in [1.82, 2.24) is 19.9 Å². The summed E-state index contributed by atoms with van der Waals surface area (Å²) < 4.78 is 7.17. The van der Waals surface area contributed by atoms with E-state index in [4.69, 9.17) is 4.74 Å². The molecule has 2 heterocycles. The summed E-state index contributed by atoms with van der Waals surface area (Å²) in [5, 5.41) is 17.8. The fourth-order valence-electron chi connectivity index (χ4n) is 2.56. The Labute approximate surface area is 124 Å². The summed E-state index contributed by atoms with van der Waals surface area (Å²) in [6.45, 7) is 5.37. The van der Waals surface area contributed by atoms with Crippen LogP contribution in [0.5, 0.6) is 0 Å². The van der Waals surface area contributed by atoms with Crippen LogP contribution in [-0.2, 0) is 17.9 Å². The summed E-state index contributed by atoms with van der Waals surface area (Å²) in [6.07, 6.45) is 1.93. The second-order valence-electron chi connectivity index (χ2n) is 5.34. The van der Waals surface area contributed by atoms with Crippen LogP contribution < -0.4 is 0 Å². The van der Waals surface area contributed by atoms with Crippen molar-refractivity contribution in [3.63, 3.8) is 0 Å². The lowest BCUT2D eigenvalue weighted by Gasteiger charge is -2.32. The van der Waals surface area contributed by atoms with Crippen LogP contribution in [0.3, 0.4) is 0 Å². The van der Waals surface area contributed by atoms with Gasteiger partial charge in [-0.05, 0) is 13.0 Å². The Morgan fingerprint density at radius 1 is 1.38 bits per heavy atom. The molecular formula is C15H20N4O2. The van der Waals surface area contributed by atoms with Gasteiger partial charge < -0.3 is 9.84 Å². The highest BCUT2D eigenvalue weighted by Gasteiger charge is 2.20. The molecule has 0 spiro atoms. The topological polar surface area (TPSA) is 63.4 Å². The first-order chi connectivity index (χ1) is 10.3. The average molecular weight is 288 g/mol. The number of ether oxygens (including phenoxy) is 1. The Kier molecular flexibility index (Phi) is 4.28. The largest absolute Gasteiger partial charge is 0.392 e. The summed E-state index contributed by atoms with van der Waals surface area (Å²) in [5.41, 5.74) is 2.64. The molecule has 6 nitrogen and oxygen atoms in total. The zero-order valence-corrected chi connectivity index (χ0v) is 12.1. The minimum atomic E-state index is -0.00807. The average Bonchev–Trinajstić information content (AvgIpc) is 2.98. The third-order valence-corrected chi connectivity index (χ3v) is 3.82. The normalized spacial score (nSPS) is 19.8. The second-order valence-corrected chi connectivity index (χ2v) is 5.34. The van der Waals surface area contributed by atoms with E-state index in [0.717, 1.165) is 43.2 Å². The third-order valence-electron chi connectivity index (χ3n) is 3.82. The Balaban J connectivity index is 1.77. The first kappa shape index (κ1) is 14.2. The molecule has 0 aliphatic carbocycles. The van der Waals surface area contributed by atoms with E-state index in [1.807, 2.05) is 30.5 Å². The molecule has 1 atom stereocenters. The van der Waals surface area contributed by atoms with Crippen molar-refractivity contribution in [1.29, 1.82) is 0 Å². The van der Waals surface area contributed by atoms with Crippen molar-refractivity contribution in [2.75, 3.05) is 19.8 Å². The number of hydrogen-bond acceptors (Lipinski definition) is 5. The fraction of sp³-hybridized carbons (Fsp3) is 0.467. The van der Waals surface area contributed by atoms with Gasteiger partial charge >= 0.3 is 0 Å². The number of aromatic nitrogens is 3. The van der Waals surface area contributed by atoms with Gasteiger partial charge in [0, 0.05) is 24.7 Å². The molecule has 1 saturated heterocycles. The summed E-state index contributed by atoms with van der Waals surface area (Å²) in [4.78, 5) is 2.34. The van der Waals surface area contributed by atoms with E-state index in [0.29, 0.717) is 6.04 Å². The lowest BCUT2D eigenvalue weighted by atomic mass is 10.2. The number of benzene rings is 1. The van der Waals surface area contributed by atoms with E-state index in [-0.39, 0.29) is 6.61 Å². The summed E-state index contributed by atoms with van der Waals surface area (Å²) >= 11 is 0. The number of aliphatic hydroxyl groups is 1. The minimum absolute atomic E-state index is 0.00807. The van der Waals surface area contributed by atoms with Gasteiger partial charge in [-0.1, -0.05) is 23.4 Å². The molecule has 112 valence electrons. The van der Waals surface area contributed by atoms with Crippen molar-refractivity contribution >= 4 is 0 Å². The van der Waals surface area contributed by atoms with Crippen molar-refractivity contribution in [2.24, 2.45) is 0 Å². The Morgan fingerprint density at radius 2 is 2.24 bits per heavy atom. The lowest BCUT2D eigenvalue weighted by molar-refractivity contribution is -0.00492. The Bertz CT molecular complexity index is 599. The maximum atomic E-state index is 9.40. The first-order valence-electron chi connectivity index (χ1n) is 7.20. The molecule has 1 aromatic heterocycles. The first-order valence-corrected chi connectivity index (χ1v) is 7.20. The predicted octanol–water partition coefficient (Wildman–Crippen LogP) is 0.980. The lowest BCUT2D eigenvalue weighted by Crippen LogP contribution is -2.42. The third kappa shape index (κ3) is 3.12. The number of para-hydroxylation sites is 1. The van der Waals surface area contributed by atoms with Gasteiger partial charge in [0.25, 0.3) is 0 Å². The molecule has 21 heavy (non-hydrogen) atoms. The van der Waals surface area contributed by atoms with E-state index in [1.54, 1.807) is 4.68 Å². The van der Waals surface area contributed by atoms with Crippen LogP contribution in [0.4, 0.5) is 0 Å². The molecule has 1 N–H and O–H groups in total. The van der Waals surface area contributed by atoms with Crippen LogP contribution in [0.2, 0.25) is 0 Å². The van der Waals surface area contributed by atoms with Crippen LogP contribution in [0.25, 0.3) is 5.69 Å². The van der Waals surface area contributed by atoms with Crippen molar-refractivity contribution in [2.45, 2.75) is 26.1 Å². The Morgan fingerprint density at radius 3 is 3.05 bits per heavy atom. The standard InChI is InChI=1S/C15H20N4O2/c1-12-11-21-7-6-18(12)8-14-9-19(17-16-14)15-5-3-2-4-13(15)10-20/h2-5,9,12,20H,6-8,10-11H2,1H3/t12-/m1/s1. The molecule has 3 rings (SSSR count). The molecule has 0 bridgehead atoms. The van der Waals surface area contributed by atoms with E-state index >= 15 is 0 Å². The van der Waals surface area contributed by atoms with Crippen LogP contribution in [0.15, 0.2) is 30.5 Å². The van der Waals surface area contributed by atoms with Gasteiger partial charge in [0.15, 0.2) is 0 Å². The zero-order valence-electron chi connectivity index (χ0n) is 12.1. The van der Waals surface area contributed by atoms with E-state index in [1.165, 1.54) is 0 Å². The zero-order chi connectivity index (χ0) is 14.7. The van der Waals surface area contributed by atoms with Gasteiger partial charge in [-0.2, -0.15) is 0 Å². The van der Waals surface area contributed by atoms with Crippen molar-refractivity contribution in [3.05, 3.63) is 41.7 Å². The van der Waals surface area contributed by atoms with Gasteiger partial charge in [0.2, 0.25) is 0 Å². The molecular weight excluding hydrogens is 268 g/mol. The maximum absolute atomic E-state index is 9.40.